The number of hydrogen-bond donors (Lipinski definition) is 0. The first-order valence-electron chi connectivity index (χ1n) is 8.93. The van der Waals surface area contributed by atoms with Crippen LogP contribution in [-0.4, -0.2) is 29.8 Å². The molecule has 1 aliphatic rings. The number of hydrogen-bond acceptors (Lipinski definition) is 4. The summed E-state index contributed by atoms with van der Waals surface area (Å²) in [6.07, 6.45) is 1.60. The average molecular weight is 414 g/mol. The monoisotopic (exact) mass is 413 g/mol. The van der Waals surface area contributed by atoms with Crippen molar-refractivity contribution in [2.24, 2.45) is 5.10 Å². The van der Waals surface area contributed by atoms with Crippen molar-refractivity contribution < 1.29 is 8.42 Å². The van der Waals surface area contributed by atoms with Crippen molar-refractivity contribution in [2.75, 3.05) is 6.26 Å². The van der Waals surface area contributed by atoms with Gasteiger partial charge in [0.1, 0.15) is 5.15 Å². The van der Waals surface area contributed by atoms with Gasteiger partial charge in [0, 0.05) is 17.4 Å². The topological polar surface area (TPSA) is 62.6 Å². The molecule has 0 unspecified atom stereocenters. The molecule has 0 spiro atoms. The third kappa shape index (κ3) is 3.50. The third-order valence-electron chi connectivity index (χ3n) is 4.91. The van der Waals surface area contributed by atoms with Crippen molar-refractivity contribution in [3.63, 3.8) is 0 Å². The minimum absolute atomic E-state index is 0.301. The maximum Gasteiger partial charge on any atom is 0.247 e. The number of aryl methyl sites for hydroxylation is 2. The van der Waals surface area contributed by atoms with Gasteiger partial charge in [-0.25, -0.2) is 13.4 Å². The van der Waals surface area contributed by atoms with Crippen LogP contribution in [0.1, 0.15) is 34.7 Å². The molecule has 1 atom stereocenters. The Morgan fingerprint density at radius 2 is 1.71 bits per heavy atom. The van der Waals surface area contributed by atoms with E-state index in [1.165, 1.54) is 0 Å². The molecular weight excluding hydrogens is 394 g/mol. The van der Waals surface area contributed by atoms with E-state index in [-0.39, 0.29) is 0 Å². The lowest BCUT2D eigenvalue weighted by molar-refractivity contribution is 0.374. The standard InChI is InChI=1S/C21H20ClN3O2S/c1-13-4-7-15(8-5-13)19-12-20(25(24-19)28(3,26)27)17-11-16-10-14(2)6-9-18(16)23-21(17)22/h4-11,20H,12H2,1-3H3/t20-/m1/s1. The Labute approximate surface area is 169 Å². The van der Waals surface area contributed by atoms with Crippen molar-refractivity contribution >= 4 is 38.2 Å². The van der Waals surface area contributed by atoms with Crippen LogP contribution in [0.25, 0.3) is 10.9 Å². The van der Waals surface area contributed by atoms with Crippen molar-refractivity contribution in [3.8, 4) is 0 Å². The zero-order valence-corrected chi connectivity index (χ0v) is 17.4. The Morgan fingerprint density at radius 3 is 2.39 bits per heavy atom. The van der Waals surface area contributed by atoms with Gasteiger partial charge in [0.15, 0.2) is 0 Å². The second-order valence-electron chi connectivity index (χ2n) is 7.23. The smallest absolute Gasteiger partial charge is 0.236 e. The first-order chi connectivity index (χ1) is 13.2. The quantitative estimate of drug-likeness (QED) is 0.589. The minimum atomic E-state index is -3.57. The number of fused-ring (bicyclic) bond motifs is 1. The molecule has 0 radical (unpaired) electrons. The summed E-state index contributed by atoms with van der Waals surface area (Å²) >= 11 is 6.47. The summed E-state index contributed by atoms with van der Waals surface area (Å²) < 4.78 is 26.0. The lowest BCUT2D eigenvalue weighted by Crippen LogP contribution is -2.26. The van der Waals surface area contributed by atoms with Crippen LogP contribution < -0.4 is 0 Å². The number of rotatable bonds is 3. The molecule has 0 saturated carbocycles. The van der Waals surface area contributed by atoms with Gasteiger partial charge in [0.05, 0.1) is 23.5 Å². The lowest BCUT2D eigenvalue weighted by atomic mass is 9.98. The maximum absolute atomic E-state index is 12.4. The number of sulfonamides is 1. The number of benzene rings is 2. The number of hydrazone groups is 1. The van der Waals surface area contributed by atoms with E-state index in [4.69, 9.17) is 11.6 Å². The summed E-state index contributed by atoms with van der Waals surface area (Å²) in [6.45, 7) is 4.01. The SMILES string of the molecule is Cc1ccc(C2=NN(S(C)(=O)=O)[C@@H](c3cc4cc(C)ccc4nc3Cl)C2)cc1. The summed E-state index contributed by atoms with van der Waals surface area (Å²) in [6, 6.07) is 15.2. The Kier molecular flexibility index (Phi) is 4.63. The predicted molar refractivity (Wildman–Crippen MR) is 113 cm³/mol. The van der Waals surface area contributed by atoms with Crippen LogP contribution >= 0.6 is 11.6 Å². The van der Waals surface area contributed by atoms with Crippen LogP contribution in [-0.2, 0) is 10.0 Å². The van der Waals surface area contributed by atoms with Gasteiger partial charge in [0.25, 0.3) is 0 Å². The molecule has 3 aromatic rings. The molecule has 0 N–H and O–H groups in total. The molecule has 4 rings (SSSR count). The molecule has 0 fully saturated rings. The molecule has 2 heterocycles. The van der Waals surface area contributed by atoms with Crippen LogP contribution in [0, 0.1) is 13.8 Å². The highest BCUT2D eigenvalue weighted by Gasteiger charge is 2.36. The second kappa shape index (κ2) is 6.87. The first-order valence-corrected chi connectivity index (χ1v) is 11.2. The number of aromatic nitrogens is 1. The van der Waals surface area contributed by atoms with Crippen molar-refractivity contribution in [1.82, 2.24) is 9.40 Å². The molecule has 0 amide bonds. The van der Waals surface area contributed by atoms with E-state index < -0.39 is 16.1 Å². The molecular formula is C21H20ClN3O2S. The molecule has 0 bridgehead atoms. The van der Waals surface area contributed by atoms with Gasteiger partial charge in [-0.2, -0.15) is 9.52 Å². The summed E-state index contributed by atoms with van der Waals surface area (Å²) in [5, 5.41) is 5.66. The van der Waals surface area contributed by atoms with Gasteiger partial charge in [-0.1, -0.05) is 53.1 Å². The van der Waals surface area contributed by atoms with Crippen molar-refractivity contribution in [1.29, 1.82) is 0 Å². The predicted octanol–water partition coefficient (Wildman–Crippen LogP) is 4.62. The largest absolute Gasteiger partial charge is 0.247 e. The van der Waals surface area contributed by atoms with Gasteiger partial charge in [-0.3, -0.25) is 0 Å². The molecule has 5 nitrogen and oxygen atoms in total. The summed E-state index contributed by atoms with van der Waals surface area (Å²) in [5.74, 6) is 0. The number of pyridine rings is 1. The number of halogens is 1. The van der Waals surface area contributed by atoms with E-state index in [0.29, 0.717) is 17.1 Å². The fraction of sp³-hybridized carbons (Fsp3) is 0.238. The Bertz CT molecular complexity index is 1200. The second-order valence-corrected chi connectivity index (χ2v) is 9.43. The van der Waals surface area contributed by atoms with Crippen LogP contribution in [0.15, 0.2) is 53.6 Å². The van der Waals surface area contributed by atoms with Crippen LogP contribution in [0.3, 0.4) is 0 Å². The molecule has 1 aliphatic heterocycles. The zero-order chi connectivity index (χ0) is 20.1. The fourth-order valence-electron chi connectivity index (χ4n) is 3.47. The fourth-order valence-corrected chi connectivity index (χ4v) is 4.64. The van der Waals surface area contributed by atoms with Gasteiger partial charge in [-0.15, -0.1) is 0 Å². The Balaban J connectivity index is 1.81. The van der Waals surface area contributed by atoms with Gasteiger partial charge < -0.3 is 0 Å². The first kappa shape index (κ1) is 18.9. The molecule has 1 aromatic heterocycles. The van der Waals surface area contributed by atoms with Gasteiger partial charge in [0.2, 0.25) is 10.0 Å². The Hall–Kier alpha value is -2.44. The van der Waals surface area contributed by atoms with Crippen LogP contribution in [0.5, 0.6) is 0 Å². The average Bonchev–Trinajstić information content (AvgIpc) is 3.07. The highest BCUT2D eigenvalue weighted by Crippen LogP contribution is 2.38. The van der Waals surface area contributed by atoms with E-state index in [1.807, 2.05) is 62.4 Å². The molecule has 2 aromatic carbocycles. The van der Waals surface area contributed by atoms with E-state index in [1.54, 1.807) is 0 Å². The summed E-state index contributed by atoms with van der Waals surface area (Å²) in [5.41, 5.74) is 5.30. The lowest BCUT2D eigenvalue weighted by Gasteiger charge is -2.22. The summed E-state index contributed by atoms with van der Waals surface area (Å²) in [4.78, 5) is 4.48. The Morgan fingerprint density at radius 1 is 1.04 bits per heavy atom. The van der Waals surface area contributed by atoms with Gasteiger partial charge in [-0.05, 0) is 37.6 Å². The molecule has 0 aliphatic carbocycles. The summed E-state index contributed by atoms with van der Waals surface area (Å²) in [7, 11) is -3.57. The normalized spacial score (nSPS) is 17.2. The van der Waals surface area contributed by atoms with Gasteiger partial charge >= 0.3 is 0 Å². The van der Waals surface area contributed by atoms with E-state index in [0.717, 1.165) is 44.0 Å². The van der Waals surface area contributed by atoms with Crippen molar-refractivity contribution in [2.45, 2.75) is 26.3 Å². The van der Waals surface area contributed by atoms with Crippen LogP contribution in [0.2, 0.25) is 5.15 Å². The van der Waals surface area contributed by atoms with E-state index in [9.17, 15) is 8.42 Å². The molecule has 7 heteroatoms. The molecule has 144 valence electrons. The highest BCUT2D eigenvalue weighted by molar-refractivity contribution is 7.88. The molecule has 0 saturated heterocycles. The number of nitrogens with zero attached hydrogens (tertiary/aromatic N) is 3. The third-order valence-corrected chi connectivity index (χ3v) is 6.23. The van der Waals surface area contributed by atoms with Crippen molar-refractivity contribution in [3.05, 3.63) is 75.9 Å². The van der Waals surface area contributed by atoms with Crippen LogP contribution in [0.4, 0.5) is 0 Å². The highest BCUT2D eigenvalue weighted by atomic mass is 35.5. The maximum atomic E-state index is 12.4. The zero-order valence-electron chi connectivity index (χ0n) is 15.8. The molecule has 28 heavy (non-hydrogen) atoms. The van der Waals surface area contributed by atoms with E-state index in [2.05, 4.69) is 10.1 Å². The van der Waals surface area contributed by atoms with E-state index >= 15 is 0 Å². The minimum Gasteiger partial charge on any atom is -0.236 e.